The first-order valence-electron chi connectivity index (χ1n) is 8.61. The smallest absolute Gasteiger partial charge is 0.274 e. The monoisotopic (exact) mass is 446 g/mol. The largest absolute Gasteiger partial charge is 0.467 e. The summed E-state index contributed by atoms with van der Waals surface area (Å²) in [5.74, 6) is -3.37. The Kier molecular flexibility index (Phi) is 5.21. The lowest BCUT2D eigenvalue weighted by atomic mass is 10.1. The van der Waals surface area contributed by atoms with Gasteiger partial charge in [-0.25, -0.2) is 26.0 Å². The summed E-state index contributed by atoms with van der Waals surface area (Å²) in [5.41, 5.74) is 0.00740. The van der Waals surface area contributed by atoms with E-state index in [0.29, 0.717) is 10.8 Å². The van der Waals surface area contributed by atoms with Gasteiger partial charge in [0.25, 0.3) is 5.19 Å². The molecule has 1 saturated heterocycles. The maximum atomic E-state index is 13.9. The van der Waals surface area contributed by atoms with Crippen LogP contribution in [0.15, 0.2) is 35.2 Å². The molecule has 0 bridgehead atoms. The molecule has 0 saturated carbocycles. The lowest BCUT2D eigenvalue weighted by molar-refractivity contribution is 0.135. The highest BCUT2D eigenvalue weighted by atomic mass is 32.2. The maximum absolute atomic E-state index is 13.9. The number of benzene rings is 2. The molecular formula is C18H14F4N2O3S2. The van der Waals surface area contributed by atoms with Crippen molar-refractivity contribution in [3.8, 4) is 5.19 Å². The van der Waals surface area contributed by atoms with Crippen LogP contribution in [0, 0.1) is 23.3 Å². The van der Waals surface area contributed by atoms with Gasteiger partial charge in [0.1, 0.15) is 34.0 Å². The molecule has 0 aliphatic carbocycles. The first-order chi connectivity index (χ1) is 13.7. The van der Waals surface area contributed by atoms with Gasteiger partial charge in [0, 0.05) is 19.2 Å². The molecule has 29 heavy (non-hydrogen) atoms. The standard InChI is InChI=1S/C18H14F4N2O3S2/c19-10-1-2-13(21)16(9-10)29(25,26)24-5-3-12(4-6-24)27-18-23-17-14(22)7-11(20)8-15(17)28-18/h1-2,7-9,12H,3-6H2. The Morgan fingerprint density at radius 2 is 1.72 bits per heavy atom. The van der Waals surface area contributed by atoms with E-state index in [1.54, 1.807) is 0 Å². The third-order valence-electron chi connectivity index (χ3n) is 4.57. The quantitative estimate of drug-likeness (QED) is 0.567. The van der Waals surface area contributed by atoms with Crippen molar-refractivity contribution in [2.24, 2.45) is 0 Å². The number of fused-ring (bicyclic) bond motifs is 1. The van der Waals surface area contributed by atoms with E-state index in [1.165, 1.54) is 0 Å². The molecule has 3 aromatic rings. The summed E-state index contributed by atoms with van der Waals surface area (Å²) < 4.78 is 86.6. The first kappa shape index (κ1) is 20.0. The molecule has 1 aliphatic rings. The fourth-order valence-electron chi connectivity index (χ4n) is 3.13. The highest BCUT2D eigenvalue weighted by Crippen LogP contribution is 2.32. The summed E-state index contributed by atoms with van der Waals surface area (Å²) in [6.07, 6.45) is 0.165. The molecule has 2 aromatic carbocycles. The lowest BCUT2D eigenvalue weighted by Crippen LogP contribution is -2.42. The molecule has 154 valence electrons. The minimum atomic E-state index is -4.18. The SMILES string of the molecule is O=S(=O)(c1cc(F)ccc1F)N1CCC(Oc2nc3c(F)cc(F)cc3s2)CC1. The minimum absolute atomic E-state index is 0.00740. The van der Waals surface area contributed by atoms with E-state index in [4.69, 9.17) is 4.74 Å². The van der Waals surface area contributed by atoms with Gasteiger partial charge in [-0.1, -0.05) is 11.3 Å². The normalized spacial score (nSPS) is 16.4. The van der Waals surface area contributed by atoms with Crippen LogP contribution in [0.1, 0.15) is 12.8 Å². The summed E-state index contributed by atoms with van der Waals surface area (Å²) in [6.45, 7) is 0.0771. The summed E-state index contributed by atoms with van der Waals surface area (Å²) in [6, 6.07) is 4.17. The molecule has 2 heterocycles. The Morgan fingerprint density at radius 3 is 2.45 bits per heavy atom. The van der Waals surface area contributed by atoms with Crippen molar-refractivity contribution in [3.05, 3.63) is 53.6 Å². The average molecular weight is 446 g/mol. The van der Waals surface area contributed by atoms with Gasteiger partial charge in [-0.15, -0.1) is 0 Å². The fourth-order valence-corrected chi connectivity index (χ4v) is 5.60. The minimum Gasteiger partial charge on any atom is -0.467 e. The van der Waals surface area contributed by atoms with Gasteiger partial charge < -0.3 is 4.74 Å². The number of hydrogen-bond donors (Lipinski definition) is 0. The molecule has 0 amide bonds. The van der Waals surface area contributed by atoms with Crippen molar-refractivity contribution in [2.75, 3.05) is 13.1 Å². The Labute approximate surface area is 167 Å². The average Bonchev–Trinajstić information content (AvgIpc) is 3.06. The lowest BCUT2D eigenvalue weighted by Gasteiger charge is -2.30. The van der Waals surface area contributed by atoms with Gasteiger partial charge in [0.05, 0.1) is 4.70 Å². The fraction of sp³-hybridized carbons (Fsp3) is 0.278. The maximum Gasteiger partial charge on any atom is 0.274 e. The van der Waals surface area contributed by atoms with Crippen molar-refractivity contribution in [1.82, 2.24) is 9.29 Å². The Morgan fingerprint density at radius 1 is 1.00 bits per heavy atom. The molecule has 0 unspecified atom stereocenters. The van der Waals surface area contributed by atoms with Crippen LogP contribution in [0.2, 0.25) is 0 Å². The number of rotatable bonds is 4. The van der Waals surface area contributed by atoms with Crippen LogP contribution in [-0.2, 0) is 10.0 Å². The molecule has 1 aliphatic heterocycles. The van der Waals surface area contributed by atoms with E-state index in [-0.39, 0.29) is 36.6 Å². The van der Waals surface area contributed by atoms with Crippen molar-refractivity contribution < 1.29 is 30.7 Å². The van der Waals surface area contributed by atoms with Crippen molar-refractivity contribution in [2.45, 2.75) is 23.8 Å². The van der Waals surface area contributed by atoms with Gasteiger partial charge in [-0.2, -0.15) is 9.29 Å². The molecule has 0 spiro atoms. The zero-order chi connectivity index (χ0) is 20.8. The zero-order valence-electron chi connectivity index (χ0n) is 14.7. The molecule has 0 N–H and O–H groups in total. The second-order valence-corrected chi connectivity index (χ2v) is 9.41. The number of hydrogen-bond acceptors (Lipinski definition) is 5. The molecule has 0 radical (unpaired) electrons. The third-order valence-corrected chi connectivity index (χ3v) is 7.38. The number of halogens is 4. The first-order valence-corrected chi connectivity index (χ1v) is 10.9. The number of piperidine rings is 1. The van der Waals surface area contributed by atoms with Gasteiger partial charge >= 0.3 is 0 Å². The number of aromatic nitrogens is 1. The molecular weight excluding hydrogens is 432 g/mol. The van der Waals surface area contributed by atoms with Crippen LogP contribution in [0.4, 0.5) is 17.6 Å². The summed E-state index contributed by atoms with van der Waals surface area (Å²) in [7, 11) is -4.18. The van der Waals surface area contributed by atoms with Crippen LogP contribution >= 0.6 is 11.3 Å². The van der Waals surface area contributed by atoms with E-state index < -0.39 is 44.3 Å². The second kappa shape index (κ2) is 7.54. The van der Waals surface area contributed by atoms with Gasteiger partial charge in [-0.05, 0) is 37.1 Å². The zero-order valence-corrected chi connectivity index (χ0v) is 16.4. The summed E-state index contributed by atoms with van der Waals surface area (Å²) in [4.78, 5) is 3.31. The molecule has 5 nitrogen and oxygen atoms in total. The highest BCUT2D eigenvalue weighted by molar-refractivity contribution is 7.89. The second-order valence-electron chi connectivity index (χ2n) is 6.51. The van der Waals surface area contributed by atoms with Crippen molar-refractivity contribution in [3.63, 3.8) is 0 Å². The van der Waals surface area contributed by atoms with Crippen LogP contribution in [0.3, 0.4) is 0 Å². The van der Waals surface area contributed by atoms with E-state index in [9.17, 15) is 26.0 Å². The van der Waals surface area contributed by atoms with E-state index in [0.717, 1.165) is 39.9 Å². The Bertz CT molecular complexity index is 1180. The topological polar surface area (TPSA) is 59.5 Å². The summed E-state index contributed by atoms with van der Waals surface area (Å²) >= 11 is 0.990. The highest BCUT2D eigenvalue weighted by Gasteiger charge is 2.32. The van der Waals surface area contributed by atoms with Crippen LogP contribution in [-0.4, -0.2) is 36.9 Å². The number of nitrogens with zero attached hydrogens (tertiary/aromatic N) is 2. The van der Waals surface area contributed by atoms with Crippen molar-refractivity contribution in [1.29, 1.82) is 0 Å². The van der Waals surface area contributed by atoms with Crippen LogP contribution in [0.5, 0.6) is 5.19 Å². The van der Waals surface area contributed by atoms with Gasteiger partial charge in [0.15, 0.2) is 5.82 Å². The number of ether oxygens (including phenoxy) is 1. The van der Waals surface area contributed by atoms with Gasteiger partial charge in [0.2, 0.25) is 10.0 Å². The van der Waals surface area contributed by atoms with E-state index >= 15 is 0 Å². The molecule has 4 rings (SSSR count). The Hall–Kier alpha value is -2.24. The summed E-state index contributed by atoms with van der Waals surface area (Å²) in [5, 5.41) is 0.155. The number of thiazole rings is 1. The predicted molar refractivity (Wildman–Crippen MR) is 98.3 cm³/mol. The van der Waals surface area contributed by atoms with E-state index in [2.05, 4.69) is 4.98 Å². The van der Waals surface area contributed by atoms with Crippen LogP contribution < -0.4 is 4.74 Å². The molecule has 0 atom stereocenters. The Balaban J connectivity index is 1.46. The molecule has 1 fully saturated rings. The van der Waals surface area contributed by atoms with E-state index in [1.807, 2.05) is 0 Å². The molecule has 11 heteroatoms. The third kappa shape index (κ3) is 3.94. The van der Waals surface area contributed by atoms with Crippen LogP contribution in [0.25, 0.3) is 10.2 Å². The van der Waals surface area contributed by atoms with Crippen molar-refractivity contribution >= 4 is 31.6 Å². The number of sulfonamides is 1. The van der Waals surface area contributed by atoms with Gasteiger partial charge in [-0.3, -0.25) is 0 Å². The predicted octanol–water partition coefficient (Wildman–Crippen LogP) is 4.08. The molecule has 1 aromatic heterocycles.